The summed E-state index contributed by atoms with van der Waals surface area (Å²) >= 11 is 0. The van der Waals surface area contributed by atoms with Crippen LogP contribution in [0.15, 0.2) is 209 Å². The van der Waals surface area contributed by atoms with Crippen molar-refractivity contribution in [2.45, 2.75) is 0 Å². The first kappa shape index (κ1) is 33.9. The second-order valence-corrected chi connectivity index (χ2v) is 15.2. The van der Waals surface area contributed by atoms with Crippen molar-refractivity contribution < 1.29 is 8.83 Å². The van der Waals surface area contributed by atoms with Crippen LogP contribution in [0.25, 0.3) is 122 Å². The minimum Gasteiger partial charge on any atom is -0.456 e. The predicted molar refractivity (Wildman–Crippen MR) is 245 cm³/mol. The Morgan fingerprint density at radius 2 is 0.700 bits per heavy atom. The van der Waals surface area contributed by atoms with E-state index in [9.17, 15) is 0 Å². The molecule has 0 atom stereocenters. The standard InChI is InChI=1S/C55H33N3O2/c1-3-12-34(13-4-1)41-29-42(35-14-5-2-6-15-35)31-43(30-41)37-17-11-18-38(28-37)53-56-54(39-23-25-49-46(32-39)45-20-9-10-21-48(45)59-49)58-55(57-53)40-24-26-50-47(33-40)52-44-19-8-7-16-36(44)22-27-51(52)60-50/h1-33H. The van der Waals surface area contributed by atoms with Crippen molar-refractivity contribution in [2.24, 2.45) is 0 Å². The Morgan fingerprint density at radius 3 is 1.38 bits per heavy atom. The molecule has 0 saturated heterocycles. The highest BCUT2D eigenvalue weighted by Gasteiger charge is 2.18. The van der Waals surface area contributed by atoms with E-state index in [0.717, 1.165) is 105 Å². The molecule has 0 spiro atoms. The van der Waals surface area contributed by atoms with Crippen molar-refractivity contribution in [1.82, 2.24) is 15.0 Å². The molecule has 0 N–H and O–H groups in total. The molecule has 9 aromatic carbocycles. The van der Waals surface area contributed by atoms with Gasteiger partial charge in [-0.15, -0.1) is 0 Å². The minimum absolute atomic E-state index is 0.575. The van der Waals surface area contributed by atoms with Gasteiger partial charge in [0.05, 0.1) is 0 Å². The zero-order valence-electron chi connectivity index (χ0n) is 32.2. The van der Waals surface area contributed by atoms with Crippen molar-refractivity contribution in [1.29, 1.82) is 0 Å². The number of para-hydroxylation sites is 1. The average Bonchev–Trinajstić information content (AvgIpc) is 3.90. The molecule has 0 radical (unpaired) electrons. The molecule has 0 aliphatic rings. The smallest absolute Gasteiger partial charge is 0.164 e. The lowest BCUT2D eigenvalue weighted by Crippen LogP contribution is -2.00. The third-order valence-electron chi connectivity index (χ3n) is 11.5. The molecule has 5 heteroatoms. The van der Waals surface area contributed by atoms with Gasteiger partial charge in [0.2, 0.25) is 0 Å². The number of hydrogen-bond donors (Lipinski definition) is 0. The molecule has 0 amide bonds. The third kappa shape index (κ3) is 5.83. The number of aromatic nitrogens is 3. The van der Waals surface area contributed by atoms with Gasteiger partial charge < -0.3 is 8.83 Å². The molecular weight excluding hydrogens is 735 g/mol. The average molecular weight is 768 g/mol. The minimum atomic E-state index is 0.575. The van der Waals surface area contributed by atoms with E-state index in [4.69, 9.17) is 23.8 Å². The maximum Gasteiger partial charge on any atom is 0.164 e. The summed E-state index contributed by atoms with van der Waals surface area (Å²) in [5.74, 6) is 1.73. The Labute approximate surface area is 344 Å². The number of fused-ring (bicyclic) bond motifs is 8. The lowest BCUT2D eigenvalue weighted by molar-refractivity contribution is 0.668. The van der Waals surface area contributed by atoms with E-state index in [0.29, 0.717) is 17.5 Å². The fourth-order valence-corrected chi connectivity index (χ4v) is 8.54. The van der Waals surface area contributed by atoms with Crippen LogP contribution in [0.5, 0.6) is 0 Å². The van der Waals surface area contributed by atoms with E-state index < -0.39 is 0 Å². The summed E-state index contributed by atoms with van der Waals surface area (Å²) in [7, 11) is 0. The number of benzene rings is 9. The number of hydrogen-bond acceptors (Lipinski definition) is 5. The van der Waals surface area contributed by atoms with Crippen molar-refractivity contribution in [3.8, 4) is 67.5 Å². The lowest BCUT2D eigenvalue weighted by Gasteiger charge is -2.13. The Kier molecular flexibility index (Phi) is 7.78. The molecule has 0 aliphatic carbocycles. The van der Waals surface area contributed by atoms with Gasteiger partial charge in [-0.25, -0.2) is 15.0 Å². The normalized spacial score (nSPS) is 11.7. The van der Waals surface area contributed by atoms with Crippen molar-refractivity contribution in [3.05, 3.63) is 200 Å². The van der Waals surface area contributed by atoms with Crippen LogP contribution in [0.2, 0.25) is 0 Å². The Hall–Kier alpha value is -8.15. The largest absolute Gasteiger partial charge is 0.456 e. The molecule has 5 nitrogen and oxygen atoms in total. The maximum absolute atomic E-state index is 6.37. The Morgan fingerprint density at radius 1 is 0.250 bits per heavy atom. The maximum atomic E-state index is 6.37. The van der Waals surface area contributed by atoms with E-state index >= 15 is 0 Å². The summed E-state index contributed by atoms with van der Waals surface area (Å²) < 4.78 is 12.6. The van der Waals surface area contributed by atoms with E-state index in [2.05, 4.69) is 158 Å². The van der Waals surface area contributed by atoms with Gasteiger partial charge in [-0.2, -0.15) is 0 Å². The zero-order chi connectivity index (χ0) is 39.6. The molecule has 12 rings (SSSR count). The summed E-state index contributed by atoms with van der Waals surface area (Å²) in [5, 5.41) is 6.47. The fraction of sp³-hybridized carbons (Fsp3) is 0. The summed E-state index contributed by atoms with van der Waals surface area (Å²) in [4.78, 5) is 15.6. The molecule has 3 heterocycles. The molecule has 3 aromatic heterocycles. The molecule has 280 valence electrons. The summed E-state index contributed by atoms with van der Waals surface area (Å²) in [5.41, 5.74) is 12.8. The molecule has 0 saturated carbocycles. The zero-order valence-corrected chi connectivity index (χ0v) is 32.2. The van der Waals surface area contributed by atoms with Crippen molar-refractivity contribution in [3.63, 3.8) is 0 Å². The number of nitrogens with zero attached hydrogens (tertiary/aromatic N) is 3. The lowest BCUT2D eigenvalue weighted by atomic mass is 9.93. The van der Waals surface area contributed by atoms with Gasteiger partial charge in [0.15, 0.2) is 17.5 Å². The first-order valence-electron chi connectivity index (χ1n) is 20.1. The second-order valence-electron chi connectivity index (χ2n) is 15.2. The second kappa shape index (κ2) is 13.8. The van der Waals surface area contributed by atoms with Crippen LogP contribution in [0.3, 0.4) is 0 Å². The summed E-state index contributed by atoms with van der Waals surface area (Å²) in [6.07, 6.45) is 0. The van der Waals surface area contributed by atoms with E-state index in [1.54, 1.807) is 0 Å². The van der Waals surface area contributed by atoms with Crippen LogP contribution < -0.4 is 0 Å². The van der Waals surface area contributed by atoms with Gasteiger partial charge in [-0.1, -0.05) is 127 Å². The molecule has 0 unspecified atom stereocenters. The molecule has 0 bridgehead atoms. The highest BCUT2D eigenvalue weighted by molar-refractivity contribution is 6.19. The highest BCUT2D eigenvalue weighted by Crippen LogP contribution is 2.39. The molecule has 0 fully saturated rings. The fourth-order valence-electron chi connectivity index (χ4n) is 8.54. The van der Waals surface area contributed by atoms with E-state index in [-0.39, 0.29) is 0 Å². The Balaban J connectivity index is 1.05. The molecular formula is C55H33N3O2. The summed E-state index contributed by atoms with van der Waals surface area (Å²) in [6.45, 7) is 0. The molecule has 60 heavy (non-hydrogen) atoms. The number of furan rings is 2. The van der Waals surface area contributed by atoms with Crippen LogP contribution >= 0.6 is 0 Å². The van der Waals surface area contributed by atoms with Crippen LogP contribution in [0, 0.1) is 0 Å². The highest BCUT2D eigenvalue weighted by atomic mass is 16.3. The first-order valence-corrected chi connectivity index (χ1v) is 20.1. The van der Waals surface area contributed by atoms with Crippen LogP contribution in [-0.2, 0) is 0 Å². The first-order chi connectivity index (χ1) is 29.7. The van der Waals surface area contributed by atoms with Gasteiger partial charge in [0.1, 0.15) is 22.3 Å². The van der Waals surface area contributed by atoms with Crippen LogP contribution in [-0.4, -0.2) is 15.0 Å². The van der Waals surface area contributed by atoms with Crippen molar-refractivity contribution in [2.75, 3.05) is 0 Å². The van der Waals surface area contributed by atoms with E-state index in [1.165, 1.54) is 0 Å². The van der Waals surface area contributed by atoms with Gasteiger partial charge in [-0.05, 0) is 117 Å². The monoisotopic (exact) mass is 767 g/mol. The van der Waals surface area contributed by atoms with E-state index in [1.807, 2.05) is 42.5 Å². The molecule has 12 aromatic rings. The van der Waals surface area contributed by atoms with Crippen LogP contribution in [0.1, 0.15) is 0 Å². The van der Waals surface area contributed by atoms with Gasteiger partial charge >= 0.3 is 0 Å². The van der Waals surface area contributed by atoms with Gasteiger partial charge in [-0.3, -0.25) is 0 Å². The van der Waals surface area contributed by atoms with Gasteiger partial charge in [0, 0.05) is 38.2 Å². The van der Waals surface area contributed by atoms with Crippen LogP contribution in [0.4, 0.5) is 0 Å². The SMILES string of the molecule is c1ccc(-c2cc(-c3ccccc3)cc(-c3cccc(-c4nc(-c5ccc6oc7ccccc7c6c5)nc(-c5ccc6oc7ccc8ccccc8c7c6c5)n4)c3)c2)cc1. The van der Waals surface area contributed by atoms with Gasteiger partial charge in [0.25, 0.3) is 0 Å². The number of rotatable bonds is 6. The topological polar surface area (TPSA) is 65.0 Å². The molecule has 0 aliphatic heterocycles. The third-order valence-corrected chi connectivity index (χ3v) is 11.5. The van der Waals surface area contributed by atoms with Crippen molar-refractivity contribution >= 4 is 54.6 Å². The summed E-state index contributed by atoms with van der Waals surface area (Å²) in [6, 6.07) is 69.5. The Bertz CT molecular complexity index is 3550. The quantitative estimate of drug-likeness (QED) is 0.169. The predicted octanol–water partition coefficient (Wildman–Crippen LogP) is 14.8.